The molecule has 0 aromatic heterocycles. The van der Waals surface area contributed by atoms with Gasteiger partial charge in [0.15, 0.2) is 0 Å². The molecule has 27 heavy (non-hydrogen) atoms. The van der Waals surface area contributed by atoms with E-state index in [1.165, 1.54) is 6.92 Å². The number of hydrogen-bond acceptors (Lipinski definition) is 4. The molecule has 2 atom stereocenters. The fourth-order valence-corrected chi connectivity index (χ4v) is 2.26. The zero-order chi connectivity index (χ0) is 20.2. The van der Waals surface area contributed by atoms with Crippen LogP contribution >= 0.6 is 0 Å². The molecule has 144 valence electrons. The van der Waals surface area contributed by atoms with Gasteiger partial charge in [-0.05, 0) is 17.5 Å². The first-order valence-electron chi connectivity index (χ1n) is 8.42. The van der Waals surface area contributed by atoms with Crippen LogP contribution in [0.4, 0.5) is 0 Å². The predicted molar refractivity (Wildman–Crippen MR) is 103 cm³/mol. The van der Waals surface area contributed by atoms with Gasteiger partial charge in [0, 0.05) is 13.3 Å². The highest BCUT2D eigenvalue weighted by Crippen LogP contribution is 2.03. The van der Waals surface area contributed by atoms with E-state index in [0.717, 1.165) is 11.1 Å². The number of rotatable bonds is 7. The Balaban J connectivity index is 0.000000277. The van der Waals surface area contributed by atoms with Crippen LogP contribution in [-0.2, 0) is 27.2 Å². The first-order chi connectivity index (χ1) is 12.8. The van der Waals surface area contributed by atoms with Crippen LogP contribution in [-0.4, -0.2) is 35.0 Å². The molecule has 0 unspecified atom stereocenters. The number of aliphatic carboxylic acids is 1. The number of nitrogens with two attached hydrogens (primary N) is 2. The molecule has 0 aliphatic carbocycles. The lowest BCUT2D eigenvalue weighted by molar-refractivity contribution is -0.141. The van der Waals surface area contributed by atoms with Gasteiger partial charge in [-0.2, -0.15) is 0 Å². The van der Waals surface area contributed by atoms with Crippen LogP contribution in [0.5, 0.6) is 0 Å². The number of primary amides is 1. The number of nitrogens with one attached hydrogen (secondary N) is 1. The summed E-state index contributed by atoms with van der Waals surface area (Å²) in [6.45, 7) is 1.31. The van der Waals surface area contributed by atoms with Gasteiger partial charge in [0.2, 0.25) is 11.8 Å². The molecule has 0 aliphatic rings. The molecule has 7 heteroatoms. The summed E-state index contributed by atoms with van der Waals surface area (Å²) in [7, 11) is 0. The van der Waals surface area contributed by atoms with Crippen molar-refractivity contribution in [3.05, 3.63) is 71.8 Å². The van der Waals surface area contributed by atoms with E-state index in [1.807, 2.05) is 60.7 Å². The lowest BCUT2D eigenvalue weighted by Crippen LogP contribution is -2.41. The minimum Gasteiger partial charge on any atom is -0.480 e. The van der Waals surface area contributed by atoms with Gasteiger partial charge in [-0.15, -0.1) is 0 Å². The van der Waals surface area contributed by atoms with E-state index in [9.17, 15) is 14.4 Å². The molecule has 0 heterocycles. The first-order valence-corrected chi connectivity index (χ1v) is 8.42. The topological polar surface area (TPSA) is 136 Å². The molecular formula is C20H25N3O4. The van der Waals surface area contributed by atoms with Gasteiger partial charge in [0.25, 0.3) is 0 Å². The molecule has 7 nitrogen and oxygen atoms in total. The van der Waals surface area contributed by atoms with Crippen molar-refractivity contribution in [1.82, 2.24) is 5.32 Å². The molecule has 0 fully saturated rings. The summed E-state index contributed by atoms with van der Waals surface area (Å²) >= 11 is 0. The van der Waals surface area contributed by atoms with Crippen molar-refractivity contribution in [2.75, 3.05) is 0 Å². The standard InChI is InChI=1S/C11H13NO3.C9H12N2O/c1-8(13)12-10(11(14)15)7-9-5-3-2-4-6-9;10-8(9(11)12)6-7-4-2-1-3-5-7/h2-6,10H,7H2,1H3,(H,12,13)(H,14,15);1-5,8H,6,10H2,(H2,11,12)/t10-;8-/m00/s1. The Morgan fingerprint density at radius 2 is 1.37 bits per heavy atom. The molecule has 0 aliphatic heterocycles. The maximum absolute atomic E-state index is 10.8. The Kier molecular flexibility index (Phi) is 9.25. The third-order valence-corrected chi connectivity index (χ3v) is 3.62. The van der Waals surface area contributed by atoms with Crippen LogP contribution in [0.25, 0.3) is 0 Å². The van der Waals surface area contributed by atoms with E-state index in [4.69, 9.17) is 16.6 Å². The molecule has 2 aromatic rings. The smallest absolute Gasteiger partial charge is 0.326 e. The molecule has 0 radical (unpaired) electrons. The van der Waals surface area contributed by atoms with Crippen LogP contribution in [0, 0.1) is 0 Å². The number of carbonyl (C=O) groups excluding carboxylic acids is 2. The number of amides is 2. The molecule has 0 saturated heterocycles. The molecule has 0 bridgehead atoms. The second-order valence-electron chi connectivity index (χ2n) is 5.98. The minimum atomic E-state index is -1.02. The quantitative estimate of drug-likeness (QED) is 0.572. The Bertz CT molecular complexity index is 735. The zero-order valence-corrected chi connectivity index (χ0v) is 15.2. The second-order valence-corrected chi connectivity index (χ2v) is 5.98. The predicted octanol–water partition coefficient (Wildman–Crippen LogP) is 0.860. The fraction of sp³-hybridized carbons (Fsp3) is 0.250. The van der Waals surface area contributed by atoms with Crippen molar-refractivity contribution < 1.29 is 19.5 Å². The first kappa shape index (κ1) is 21.9. The van der Waals surface area contributed by atoms with Crippen molar-refractivity contribution >= 4 is 17.8 Å². The summed E-state index contributed by atoms with van der Waals surface area (Å²) in [5, 5.41) is 11.3. The van der Waals surface area contributed by atoms with Crippen molar-refractivity contribution in [1.29, 1.82) is 0 Å². The lowest BCUT2D eigenvalue weighted by Gasteiger charge is -2.12. The minimum absolute atomic E-state index is 0.301. The van der Waals surface area contributed by atoms with E-state index >= 15 is 0 Å². The van der Waals surface area contributed by atoms with Crippen molar-refractivity contribution in [3.63, 3.8) is 0 Å². The van der Waals surface area contributed by atoms with E-state index in [1.54, 1.807) is 0 Å². The highest BCUT2D eigenvalue weighted by atomic mass is 16.4. The number of hydrogen-bond donors (Lipinski definition) is 4. The number of benzene rings is 2. The van der Waals surface area contributed by atoms with Gasteiger partial charge in [-0.25, -0.2) is 4.79 Å². The Labute approximate surface area is 158 Å². The maximum Gasteiger partial charge on any atom is 0.326 e. The number of carboxylic acid groups (broad SMARTS) is 1. The fourth-order valence-electron chi connectivity index (χ4n) is 2.26. The summed E-state index contributed by atoms with van der Waals surface area (Å²) in [5.41, 5.74) is 12.4. The van der Waals surface area contributed by atoms with Crippen molar-refractivity contribution in [3.8, 4) is 0 Å². The summed E-state index contributed by atoms with van der Waals surface area (Å²) in [6, 6.07) is 17.3. The summed E-state index contributed by atoms with van der Waals surface area (Å²) in [4.78, 5) is 32.2. The van der Waals surface area contributed by atoms with Gasteiger partial charge in [0.05, 0.1) is 6.04 Å². The highest BCUT2D eigenvalue weighted by Gasteiger charge is 2.18. The second kappa shape index (κ2) is 11.4. The SMILES string of the molecule is CC(=O)N[C@@H](Cc1ccccc1)C(=O)O.NC(=O)[C@@H](N)Cc1ccccc1. The van der Waals surface area contributed by atoms with Gasteiger partial charge in [-0.3, -0.25) is 9.59 Å². The zero-order valence-electron chi connectivity index (χ0n) is 15.2. The van der Waals surface area contributed by atoms with Crippen molar-refractivity contribution in [2.45, 2.75) is 31.8 Å². The van der Waals surface area contributed by atoms with E-state index in [2.05, 4.69) is 5.32 Å². The van der Waals surface area contributed by atoms with E-state index in [0.29, 0.717) is 12.8 Å². The molecule has 6 N–H and O–H groups in total. The van der Waals surface area contributed by atoms with Crippen LogP contribution in [0.15, 0.2) is 60.7 Å². The largest absolute Gasteiger partial charge is 0.480 e. The van der Waals surface area contributed by atoms with E-state index in [-0.39, 0.29) is 5.91 Å². The average Bonchev–Trinajstić information content (AvgIpc) is 2.63. The van der Waals surface area contributed by atoms with Gasteiger partial charge in [-0.1, -0.05) is 60.7 Å². The monoisotopic (exact) mass is 371 g/mol. The van der Waals surface area contributed by atoms with Gasteiger partial charge in [0.1, 0.15) is 6.04 Å². The van der Waals surface area contributed by atoms with Crippen LogP contribution in [0.3, 0.4) is 0 Å². The summed E-state index contributed by atoms with van der Waals surface area (Å²) in [6.07, 6.45) is 0.811. The molecule has 2 rings (SSSR count). The third-order valence-electron chi connectivity index (χ3n) is 3.62. The summed E-state index contributed by atoms with van der Waals surface area (Å²) < 4.78 is 0. The Morgan fingerprint density at radius 1 is 0.926 bits per heavy atom. The van der Waals surface area contributed by atoms with Crippen molar-refractivity contribution in [2.24, 2.45) is 11.5 Å². The van der Waals surface area contributed by atoms with Crippen LogP contribution in [0.2, 0.25) is 0 Å². The third kappa shape index (κ3) is 9.18. The Morgan fingerprint density at radius 3 is 1.74 bits per heavy atom. The number of carbonyl (C=O) groups is 3. The van der Waals surface area contributed by atoms with Gasteiger partial charge >= 0.3 is 5.97 Å². The van der Waals surface area contributed by atoms with Crippen LogP contribution < -0.4 is 16.8 Å². The number of carboxylic acids is 1. The molecule has 2 amide bonds. The van der Waals surface area contributed by atoms with Gasteiger partial charge < -0.3 is 21.9 Å². The molecular weight excluding hydrogens is 346 g/mol. The Hall–Kier alpha value is -3.19. The lowest BCUT2D eigenvalue weighted by atomic mass is 10.1. The normalized spacial score (nSPS) is 12.1. The molecule has 0 saturated carbocycles. The van der Waals surface area contributed by atoms with E-state index < -0.39 is 24.0 Å². The maximum atomic E-state index is 10.8. The molecule has 0 spiro atoms. The average molecular weight is 371 g/mol. The summed E-state index contributed by atoms with van der Waals surface area (Å²) in [5.74, 6) is -1.81. The van der Waals surface area contributed by atoms with Crippen LogP contribution in [0.1, 0.15) is 18.1 Å². The highest BCUT2D eigenvalue weighted by molar-refractivity contribution is 5.82. The molecule has 2 aromatic carbocycles.